The second kappa shape index (κ2) is 9.39. The van der Waals surface area contributed by atoms with Gasteiger partial charge in [-0.3, -0.25) is 9.36 Å². The van der Waals surface area contributed by atoms with Crippen LogP contribution in [0.1, 0.15) is 11.5 Å². The van der Waals surface area contributed by atoms with Gasteiger partial charge in [-0.2, -0.15) is 4.98 Å². The summed E-state index contributed by atoms with van der Waals surface area (Å²) in [6, 6.07) is 22.0. The van der Waals surface area contributed by atoms with Crippen LogP contribution < -0.4 is 5.56 Å². The lowest BCUT2D eigenvalue weighted by molar-refractivity contribution is 0.391. The predicted molar refractivity (Wildman–Crippen MR) is 131 cm³/mol. The molecule has 0 bridgehead atoms. The van der Waals surface area contributed by atoms with Crippen molar-refractivity contribution in [3.63, 3.8) is 0 Å². The van der Waals surface area contributed by atoms with E-state index in [9.17, 15) is 4.79 Å². The topological polar surface area (TPSA) is 73.8 Å². The van der Waals surface area contributed by atoms with Crippen molar-refractivity contribution in [2.75, 3.05) is 0 Å². The first-order valence-electron chi connectivity index (χ1n) is 10.0. The highest BCUT2D eigenvalue weighted by molar-refractivity contribution is 7.98. The third-order valence-corrected chi connectivity index (χ3v) is 6.53. The summed E-state index contributed by atoms with van der Waals surface area (Å²) in [5.74, 6) is 1.18. The second-order valence-electron chi connectivity index (χ2n) is 7.21. The zero-order chi connectivity index (χ0) is 22.8. The minimum atomic E-state index is -0.111. The first-order valence-corrected chi connectivity index (χ1v) is 11.8. The Labute approximate surface area is 203 Å². The highest BCUT2D eigenvalue weighted by Crippen LogP contribution is 2.27. The number of thioether (sulfide) groups is 1. The van der Waals surface area contributed by atoms with Gasteiger partial charge >= 0.3 is 0 Å². The highest BCUT2D eigenvalue weighted by atomic mass is 35.5. The number of aromatic nitrogens is 4. The van der Waals surface area contributed by atoms with Crippen LogP contribution in [0.15, 0.2) is 87.3 Å². The SMILES string of the molecule is O=c1c2ccccc2nc(SCc2nc(-c3ccccc3Cl)no2)n1Cc1ccc(Cl)cc1. The fourth-order valence-corrected chi connectivity index (χ4v) is 4.54. The van der Waals surface area contributed by atoms with E-state index in [4.69, 9.17) is 32.7 Å². The van der Waals surface area contributed by atoms with Crippen LogP contribution in [0.25, 0.3) is 22.3 Å². The van der Waals surface area contributed by atoms with Crippen LogP contribution >= 0.6 is 35.0 Å². The molecule has 0 spiro atoms. The minimum absolute atomic E-state index is 0.111. The summed E-state index contributed by atoms with van der Waals surface area (Å²) in [5.41, 5.74) is 2.17. The molecule has 0 aliphatic carbocycles. The van der Waals surface area contributed by atoms with Gasteiger partial charge in [-0.05, 0) is 42.0 Å². The van der Waals surface area contributed by atoms with Gasteiger partial charge in [-0.15, -0.1) is 0 Å². The first kappa shape index (κ1) is 21.7. The van der Waals surface area contributed by atoms with Gasteiger partial charge in [-0.25, -0.2) is 4.98 Å². The van der Waals surface area contributed by atoms with Gasteiger partial charge in [0.25, 0.3) is 5.56 Å². The van der Waals surface area contributed by atoms with E-state index in [-0.39, 0.29) is 5.56 Å². The average Bonchev–Trinajstić information content (AvgIpc) is 3.30. The Kier molecular flexibility index (Phi) is 6.17. The van der Waals surface area contributed by atoms with Crippen molar-refractivity contribution in [2.45, 2.75) is 17.5 Å². The van der Waals surface area contributed by atoms with Gasteiger partial charge in [-0.1, -0.05) is 76.5 Å². The molecule has 0 atom stereocenters. The normalized spacial score (nSPS) is 11.2. The fraction of sp³-hybridized carbons (Fsp3) is 0.0833. The number of rotatable bonds is 6. The third-order valence-electron chi connectivity index (χ3n) is 4.99. The van der Waals surface area contributed by atoms with Gasteiger partial charge in [0.1, 0.15) is 0 Å². The Morgan fingerprint density at radius 1 is 0.909 bits per heavy atom. The monoisotopic (exact) mass is 494 g/mol. The van der Waals surface area contributed by atoms with Crippen molar-refractivity contribution in [2.24, 2.45) is 0 Å². The lowest BCUT2D eigenvalue weighted by Crippen LogP contribution is -2.24. The third kappa shape index (κ3) is 4.66. The van der Waals surface area contributed by atoms with Crippen LogP contribution in [-0.2, 0) is 12.3 Å². The van der Waals surface area contributed by atoms with Crippen molar-refractivity contribution in [1.29, 1.82) is 0 Å². The number of benzene rings is 3. The van der Waals surface area contributed by atoms with Crippen molar-refractivity contribution >= 4 is 45.9 Å². The molecule has 0 N–H and O–H groups in total. The van der Waals surface area contributed by atoms with E-state index < -0.39 is 0 Å². The zero-order valence-electron chi connectivity index (χ0n) is 17.1. The van der Waals surface area contributed by atoms with Crippen molar-refractivity contribution in [1.82, 2.24) is 19.7 Å². The Morgan fingerprint density at radius 3 is 2.48 bits per heavy atom. The quantitative estimate of drug-likeness (QED) is 0.210. The summed E-state index contributed by atoms with van der Waals surface area (Å²) in [7, 11) is 0. The summed E-state index contributed by atoms with van der Waals surface area (Å²) in [5, 5.41) is 6.35. The molecule has 0 aliphatic heterocycles. The molecule has 0 amide bonds. The molecule has 3 aromatic carbocycles. The molecular formula is C24H16Cl2N4O2S. The summed E-state index contributed by atoms with van der Waals surface area (Å²) >= 11 is 13.6. The summed E-state index contributed by atoms with van der Waals surface area (Å²) in [6.45, 7) is 0.366. The van der Waals surface area contributed by atoms with Gasteiger partial charge in [0.2, 0.25) is 11.7 Å². The van der Waals surface area contributed by atoms with Crippen LogP contribution in [0.5, 0.6) is 0 Å². The maximum Gasteiger partial charge on any atom is 0.262 e. The smallest absolute Gasteiger partial charge is 0.262 e. The van der Waals surface area contributed by atoms with Crippen LogP contribution in [0, 0.1) is 0 Å². The summed E-state index contributed by atoms with van der Waals surface area (Å²) < 4.78 is 7.07. The van der Waals surface area contributed by atoms with Crippen LogP contribution in [0.2, 0.25) is 10.0 Å². The molecular weight excluding hydrogens is 479 g/mol. The predicted octanol–water partition coefficient (Wildman–Crippen LogP) is 6.09. The maximum atomic E-state index is 13.3. The maximum absolute atomic E-state index is 13.3. The van der Waals surface area contributed by atoms with Crippen LogP contribution in [0.4, 0.5) is 0 Å². The Hall–Kier alpha value is -3.13. The van der Waals surface area contributed by atoms with Gasteiger partial charge in [0, 0.05) is 10.6 Å². The van der Waals surface area contributed by atoms with Gasteiger partial charge in [0.05, 0.1) is 28.2 Å². The molecule has 164 valence electrons. The minimum Gasteiger partial charge on any atom is -0.338 e. The van der Waals surface area contributed by atoms with Crippen molar-refractivity contribution in [3.8, 4) is 11.4 Å². The Morgan fingerprint density at radius 2 is 1.67 bits per heavy atom. The number of hydrogen-bond acceptors (Lipinski definition) is 6. The van der Waals surface area contributed by atoms with E-state index in [1.165, 1.54) is 11.8 Å². The van der Waals surface area contributed by atoms with Crippen LogP contribution in [0.3, 0.4) is 0 Å². The largest absolute Gasteiger partial charge is 0.338 e. The molecule has 0 fully saturated rings. The molecule has 2 heterocycles. The van der Waals surface area contributed by atoms with E-state index >= 15 is 0 Å². The molecule has 2 aromatic heterocycles. The lowest BCUT2D eigenvalue weighted by atomic mass is 10.2. The molecule has 5 aromatic rings. The number of fused-ring (bicyclic) bond motifs is 1. The van der Waals surface area contributed by atoms with Gasteiger partial charge < -0.3 is 4.52 Å². The van der Waals surface area contributed by atoms with E-state index in [1.54, 1.807) is 28.8 Å². The molecule has 5 rings (SSSR count). The van der Waals surface area contributed by atoms with E-state index in [0.717, 1.165) is 5.56 Å². The molecule has 9 heteroatoms. The standard InChI is InChI=1S/C24H16Cl2N4O2S/c25-16-11-9-15(10-12-16)13-30-23(31)18-6-2-4-8-20(18)27-24(30)33-14-21-28-22(29-32-21)17-5-1-3-7-19(17)26/h1-12H,13-14H2. The van der Waals surface area contributed by atoms with Crippen molar-refractivity contribution < 1.29 is 4.52 Å². The molecule has 6 nitrogen and oxygen atoms in total. The van der Waals surface area contributed by atoms with E-state index in [1.807, 2.05) is 48.5 Å². The molecule has 0 unspecified atom stereocenters. The number of para-hydroxylation sites is 1. The van der Waals surface area contributed by atoms with E-state index in [0.29, 0.717) is 55.7 Å². The number of nitrogens with zero attached hydrogens (tertiary/aromatic N) is 4. The molecule has 33 heavy (non-hydrogen) atoms. The highest BCUT2D eigenvalue weighted by Gasteiger charge is 2.16. The Bertz CT molecular complexity index is 1500. The molecule has 0 aliphatic rings. The summed E-state index contributed by atoms with van der Waals surface area (Å²) in [6.07, 6.45) is 0. The van der Waals surface area contributed by atoms with E-state index in [2.05, 4.69) is 10.1 Å². The first-order chi connectivity index (χ1) is 16.1. The number of halogens is 2. The molecule has 0 saturated carbocycles. The lowest BCUT2D eigenvalue weighted by Gasteiger charge is -2.13. The summed E-state index contributed by atoms with van der Waals surface area (Å²) in [4.78, 5) is 22.5. The fourth-order valence-electron chi connectivity index (χ4n) is 3.36. The Balaban J connectivity index is 1.46. The number of hydrogen-bond donors (Lipinski definition) is 0. The zero-order valence-corrected chi connectivity index (χ0v) is 19.4. The van der Waals surface area contributed by atoms with Crippen LogP contribution in [-0.4, -0.2) is 19.7 Å². The van der Waals surface area contributed by atoms with Crippen molar-refractivity contribution in [3.05, 3.63) is 105 Å². The van der Waals surface area contributed by atoms with Gasteiger partial charge in [0.15, 0.2) is 5.16 Å². The molecule has 0 radical (unpaired) electrons. The molecule has 0 saturated heterocycles. The average molecular weight is 495 g/mol. The second-order valence-corrected chi connectivity index (χ2v) is 9.00.